The highest BCUT2D eigenvalue weighted by Crippen LogP contribution is 2.06. The zero-order valence-corrected chi connectivity index (χ0v) is 7.94. The molecule has 0 aliphatic heterocycles. The molecule has 82 valence electrons. The predicted octanol–water partition coefficient (Wildman–Crippen LogP) is 0.173. The number of halogens is 1. The molecule has 0 radical (unpaired) electrons. The number of H-pyrrole nitrogens is 1. The first-order chi connectivity index (χ1) is 7.65. The van der Waals surface area contributed by atoms with Crippen LogP contribution in [0.1, 0.15) is 10.6 Å². The number of rotatable bonds is 2. The maximum atomic E-state index is 12.5. The molecule has 0 saturated carbocycles. The molecule has 0 aliphatic carbocycles. The van der Waals surface area contributed by atoms with E-state index < -0.39 is 11.9 Å². The fourth-order valence-corrected chi connectivity index (χ4v) is 1.02. The zero-order valence-electron chi connectivity index (χ0n) is 7.94. The maximum absolute atomic E-state index is 12.5. The lowest BCUT2D eigenvalue weighted by atomic mass is 10.4. The van der Waals surface area contributed by atoms with Gasteiger partial charge in [0, 0.05) is 0 Å². The van der Waals surface area contributed by atoms with Crippen molar-refractivity contribution in [1.82, 2.24) is 20.2 Å². The van der Waals surface area contributed by atoms with Crippen LogP contribution in [-0.4, -0.2) is 26.1 Å². The van der Waals surface area contributed by atoms with E-state index in [1.165, 1.54) is 12.3 Å². The van der Waals surface area contributed by atoms with Gasteiger partial charge >= 0.3 is 0 Å². The number of anilines is 2. The second-order valence-electron chi connectivity index (χ2n) is 2.87. The van der Waals surface area contributed by atoms with Gasteiger partial charge in [0.2, 0.25) is 17.7 Å². The highest BCUT2D eigenvalue weighted by molar-refractivity contribution is 6.01. The third kappa shape index (κ3) is 2.11. The first kappa shape index (κ1) is 10.0. The Balaban J connectivity index is 2.10. The first-order valence-corrected chi connectivity index (χ1v) is 4.26. The number of hydrogen-bond acceptors (Lipinski definition) is 5. The Kier molecular flexibility index (Phi) is 2.46. The van der Waals surface area contributed by atoms with Crippen molar-refractivity contribution in [3.63, 3.8) is 0 Å². The molecular weight excluding hydrogens is 215 g/mol. The van der Waals surface area contributed by atoms with E-state index in [0.717, 1.165) is 6.07 Å². The number of amides is 1. The molecule has 0 aromatic carbocycles. The third-order valence-corrected chi connectivity index (χ3v) is 1.70. The van der Waals surface area contributed by atoms with Crippen LogP contribution in [-0.2, 0) is 0 Å². The number of hydrogen-bond donors (Lipinski definition) is 3. The monoisotopic (exact) mass is 222 g/mol. The molecule has 0 saturated heterocycles. The summed E-state index contributed by atoms with van der Waals surface area (Å²) in [6.07, 6.45) is 1.19. The standard InChI is InChI=1S/C8H7FN6O/c9-5-2-1-4(3-11-5)12-7(16)6-13-8(10)15-14-6/h1-3H,(H,12,16)(H3,10,13,14,15). The fourth-order valence-electron chi connectivity index (χ4n) is 1.02. The minimum Gasteiger partial charge on any atom is -0.366 e. The summed E-state index contributed by atoms with van der Waals surface area (Å²) in [5.74, 6) is -1.20. The van der Waals surface area contributed by atoms with E-state index in [0.29, 0.717) is 5.69 Å². The molecule has 2 heterocycles. The molecule has 4 N–H and O–H groups in total. The molecule has 0 spiro atoms. The van der Waals surface area contributed by atoms with Crippen molar-refractivity contribution in [3.8, 4) is 0 Å². The van der Waals surface area contributed by atoms with Gasteiger partial charge in [-0.2, -0.15) is 9.37 Å². The second kappa shape index (κ2) is 3.93. The lowest BCUT2D eigenvalue weighted by molar-refractivity contribution is 0.101. The summed E-state index contributed by atoms with van der Waals surface area (Å²) < 4.78 is 12.5. The Morgan fingerprint density at radius 1 is 1.50 bits per heavy atom. The van der Waals surface area contributed by atoms with Crippen LogP contribution in [0.4, 0.5) is 16.0 Å². The zero-order chi connectivity index (χ0) is 11.5. The molecule has 0 bridgehead atoms. The summed E-state index contributed by atoms with van der Waals surface area (Å²) in [6.45, 7) is 0. The Morgan fingerprint density at radius 2 is 2.31 bits per heavy atom. The first-order valence-electron chi connectivity index (χ1n) is 4.26. The van der Waals surface area contributed by atoms with Crippen LogP contribution in [0.3, 0.4) is 0 Å². The number of carbonyl (C=O) groups excluding carboxylic acids is 1. The van der Waals surface area contributed by atoms with Crippen molar-refractivity contribution in [3.05, 3.63) is 30.1 Å². The average molecular weight is 222 g/mol. The van der Waals surface area contributed by atoms with E-state index in [1.54, 1.807) is 0 Å². The van der Waals surface area contributed by atoms with Crippen LogP contribution in [0.25, 0.3) is 0 Å². The van der Waals surface area contributed by atoms with Gasteiger partial charge < -0.3 is 11.1 Å². The van der Waals surface area contributed by atoms with E-state index in [-0.39, 0.29) is 11.8 Å². The van der Waals surface area contributed by atoms with Crippen molar-refractivity contribution in [2.75, 3.05) is 11.1 Å². The number of aromatic nitrogens is 4. The van der Waals surface area contributed by atoms with Crippen molar-refractivity contribution in [2.45, 2.75) is 0 Å². The van der Waals surface area contributed by atoms with Gasteiger partial charge in [0.15, 0.2) is 0 Å². The molecule has 0 fully saturated rings. The van der Waals surface area contributed by atoms with Crippen molar-refractivity contribution in [1.29, 1.82) is 0 Å². The van der Waals surface area contributed by atoms with Gasteiger partial charge in [0.1, 0.15) is 0 Å². The van der Waals surface area contributed by atoms with Gasteiger partial charge in [-0.1, -0.05) is 0 Å². The highest BCUT2D eigenvalue weighted by Gasteiger charge is 2.10. The normalized spacial score (nSPS) is 10.1. The quantitative estimate of drug-likeness (QED) is 0.627. The van der Waals surface area contributed by atoms with Crippen molar-refractivity contribution >= 4 is 17.5 Å². The van der Waals surface area contributed by atoms with Gasteiger partial charge in [-0.05, 0) is 12.1 Å². The molecule has 1 amide bonds. The van der Waals surface area contributed by atoms with Gasteiger partial charge in [-0.15, -0.1) is 5.10 Å². The Morgan fingerprint density at radius 3 is 2.88 bits per heavy atom. The summed E-state index contributed by atoms with van der Waals surface area (Å²) in [4.78, 5) is 18.5. The molecule has 0 aliphatic rings. The lowest BCUT2D eigenvalue weighted by Gasteiger charge is -2.00. The maximum Gasteiger partial charge on any atom is 0.293 e. The van der Waals surface area contributed by atoms with Crippen LogP contribution in [0, 0.1) is 5.95 Å². The fraction of sp³-hybridized carbons (Fsp3) is 0. The number of carbonyl (C=O) groups is 1. The molecule has 2 rings (SSSR count). The van der Waals surface area contributed by atoms with Crippen LogP contribution in [0.15, 0.2) is 18.3 Å². The Labute approximate surface area is 88.9 Å². The van der Waals surface area contributed by atoms with Crippen LogP contribution in [0.5, 0.6) is 0 Å². The minimum absolute atomic E-state index is 0.0256. The van der Waals surface area contributed by atoms with E-state index in [1.807, 2.05) is 0 Å². The second-order valence-corrected chi connectivity index (χ2v) is 2.87. The van der Waals surface area contributed by atoms with E-state index in [9.17, 15) is 9.18 Å². The number of nitrogens with two attached hydrogens (primary N) is 1. The smallest absolute Gasteiger partial charge is 0.293 e. The molecule has 16 heavy (non-hydrogen) atoms. The number of nitrogens with zero attached hydrogens (tertiary/aromatic N) is 3. The van der Waals surface area contributed by atoms with Crippen LogP contribution < -0.4 is 11.1 Å². The van der Waals surface area contributed by atoms with Crippen molar-refractivity contribution in [2.24, 2.45) is 0 Å². The van der Waals surface area contributed by atoms with E-state index in [2.05, 4.69) is 25.5 Å². The van der Waals surface area contributed by atoms with E-state index >= 15 is 0 Å². The number of aromatic amines is 1. The molecule has 7 nitrogen and oxygen atoms in total. The third-order valence-electron chi connectivity index (χ3n) is 1.70. The van der Waals surface area contributed by atoms with Gasteiger partial charge in [0.05, 0.1) is 11.9 Å². The molecule has 8 heteroatoms. The molecular formula is C8H7FN6O. The van der Waals surface area contributed by atoms with Crippen LogP contribution in [0.2, 0.25) is 0 Å². The Hall–Kier alpha value is -2.51. The molecule has 2 aromatic rings. The summed E-state index contributed by atoms with van der Waals surface area (Å²) in [5, 5.41) is 8.28. The number of nitrogens with one attached hydrogen (secondary N) is 2. The summed E-state index contributed by atoms with van der Waals surface area (Å²) >= 11 is 0. The largest absolute Gasteiger partial charge is 0.366 e. The molecule has 0 atom stereocenters. The Bertz CT molecular complexity index is 508. The topological polar surface area (TPSA) is 110 Å². The van der Waals surface area contributed by atoms with Gasteiger partial charge in [0.25, 0.3) is 5.91 Å². The van der Waals surface area contributed by atoms with Gasteiger partial charge in [-0.3, -0.25) is 9.89 Å². The SMILES string of the molecule is Nc1n[nH]c(C(=O)Nc2ccc(F)nc2)n1. The molecule has 0 unspecified atom stereocenters. The van der Waals surface area contributed by atoms with Crippen LogP contribution >= 0.6 is 0 Å². The number of pyridine rings is 1. The van der Waals surface area contributed by atoms with Crippen molar-refractivity contribution < 1.29 is 9.18 Å². The minimum atomic E-state index is -0.623. The highest BCUT2D eigenvalue weighted by atomic mass is 19.1. The summed E-state index contributed by atoms with van der Waals surface area (Å²) in [6, 6.07) is 2.50. The van der Waals surface area contributed by atoms with E-state index in [4.69, 9.17) is 5.73 Å². The summed E-state index contributed by atoms with van der Waals surface area (Å²) in [7, 11) is 0. The lowest BCUT2D eigenvalue weighted by Crippen LogP contribution is -2.14. The number of nitrogen functional groups attached to an aromatic ring is 1. The summed E-state index contributed by atoms with van der Waals surface area (Å²) in [5.41, 5.74) is 5.58. The van der Waals surface area contributed by atoms with Gasteiger partial charge in [-0.25, -0.2) is 4.98 Å². The predicted molar refractivity (Wildman–Crippen MR) is 52.9 cm³/mol. The average Bonchev–Trinajstić information content (AvgIpc) is 2.68. The molecule has 2 aromatic heterocycles.